The molecular weight excluding hydrogens is 465 g/mol. The summed E-state index contributed by atoms with van der Waals surface area (Å²) in [5.74, 6) is -1.72. The zero-order valence-corrected chi connectivity index (χ0v) is 19.2. The van der Waals surface area contributed by atoms with E-state index in [-0.39, 0.29) is 22.9 Å². The van der Waals surface area contributed by atoms with Gasteiger partial charge >= 0.3 is 12.1 Å². The molecule has 1 aromatic carbocycles. The van der Waals surface area contributed by atoms with E-state index in [9.17, 15) is 27.6 Å². The van der Waals surface area contributed by atoms with E-state index in [0.29, 0.717) is 6.42 Å². The van der Waals surface area contributed by atoms with Crippen LogP contribution in [0.25, 0.3) is 0 Å². The first kappa shape index (κ1) is 26.0. The van der Waals surface area contributed by atoms with Crippen molar-refractivity contribution in [3.05, 3.63) is 53.2 Å². The van der Waals surface area contributed by atoms with E-state index in [1.807, 2.05) is 0 Å². The van der Waals surface area contributed by atoms with Gasteiger partial charge in [-0.2, -0.15) is 13.2 Å². The molecule has 2 aromatic rings. The van der Waals surface area contributed by atoms with Gasteiger partial charge < -0.3 is 21.1 Å². The predicted octanol–water partition coefficient (Wildman–Crippen LogP) is 4.18. The summed E-state index contributed by atoms with van der Waals surface area (Å²) >= 11 is 0. The first-order valence-corrected chi connectivity index (χ1v) is 11.2. The molecule has 0 radical (unpaired) electrons. The second-order valence-corrected chi connectivity index (χ2v) is 8.44. The molecule has 0 saturated heterocycles. The molecule has 11 heteroatoms. The van der Waals surface area contributed by atoms with Crippen molar-refractivity contribution in [1.82, 2.24) is 10.3 Å². The number of hydrogen-bond acceptors (Lipinski definition) is 6. The van der Waals surface area contributed by atoms with Crippen molar-refractivity contribution in [1.29, 1.82) is 0 Å². The minimum absolute atomic E-state index is 0.143. The molecule has 0 aliphatic heterocycles. The van der Waals surface area contributed by atoms with E-state index in [1.165, 1.54) is 31.5 Å². The number of nitrogens with two attached hydrogens (primary N) is 1. The van der Waals surface area contributed by atoms with Gasteiger partial charge in [0.25, 0.3) is 5.91 Å². The molecule has 1 aliphatic rings. The molecule has 0 spiro atoms. The molecule has 1 aliphatic carbocycles. The molecule has 1 aromatic heterocycles. The number of rotatable bonds is 7. The second-order valence-electron chi connectivity index (χ2n) is 8.44. The summed E-state index contributed by atoms with van der Waals surface area (Å²) in [5, 5.41) is 5.15. The Morgan fingerprint density at radius 1 is 1.14 bits per heavy atom. The number of para-hydroxylation sites is 1. The molecule has 4 N–H and O–H groups in total. The van der Waals surface area contributed by atoms with E-state index in [2.05, 4.69) is 20.4 Å². The topological polar surface area (TPSA) is 123 Å². The van der Waals surface area contributed by atoms with E-state index in [4.69, 9.17) is 5.73 Å². The molecule has 8 nitrogen and oxygen atoms in total. The number of methoxy groups -OCH3 is 1. The molecule has 1 atom stereocenters. The number of amides is 2. The number of hydrogen-bond donors (Lipinski definition) is 3. The van der Waals surface area contributed by atoms with Crippen molar-refractivity contribution >= 4 is 29.3 Å². The maximum Gasteiger partial charge on any atom is 0.418 e. The van der Waals surface area contributed by atoms with E-state index < -0.39 is 41.3 Å². The third-order valence-electron chi connectivity index (χ3n) is 6.01. The van der Waals surface area contributed by atoms with Gasteiger partial charge in [0.05, 0.1) is 29.5 Å². The maximum absolute atomic E-state index is 13.2. The van der Waals surface area contributed by atoms with Gasteiger partial charge in [0.1, 0.15) is 11.9 Å². The Morgan fingerprint density at radius 3 is 2.46 bits per heavy atom. The van der Waals surface area contributed by atoms with Crippen LogP contribution in [0.4, 0.5) is 24.7 Å². The molecule has 35 heavy (non-hydrogen) atoms. The largest absolute Gasteiger partial charge is 0.465 e. The van der Waals surface area contributed by atoms with Crippen LogP contribution in [-0.2, 0) is 15.7 Å². The number of esters is 1. The number of benzene rings is 1. The predicted molar refractivity (Wildman–Crippen MR) is 123 cm³/mol. The minimum Gasteiger partial charge on any atom is -0.465 e. The Bertz CT molecular complexity index is 1070. The minimum atomic E-state index is -4.72. The molecule has 1 saturated carbocycles. The van der Waals surface area contributed by atoms with Crippen molar-refractivity contribution in [3.63, 3.8) is 0 Å². The number of nitrogens with zero attached hydrogens (tertiary/aromatic N) is 1. The molecule has 2 amide bonds. The summed E-state index contributed by atoms with van der Waals surface area (Å²) in [6.45, 7) is 0. The second kappa shape index (κ2) is 11.2. The fraction of sp³-hybridized carbons (Fsp3) is 0.417. The zero-order valence-electron chi connectivity index (χ0n) is 19.2. The number of pyridine rings is 1. The fourth-order valence-corrected chi connectivity index (χ4v) is 4.15. The number of halogens is 3. The number of carbonyl (C=O) groups is 3. The summed E-state index contributed by atoms with van der Waals surface area (Å²) < 4.78 is 44.3. The highest BCUT2D eigenvalue weighted by Gasteiger charge is 2.35. The number of alkyl halides is 3. The van der Waals surface area contributed by atoms with Gasteiger partial charge in [-0.3, -0.25) is 9.59 Å². The standard InChI is InChI=1S/C24H27F3N4O4/c1-35-23(34)15-10-11-19(29-13-15)31-22(33)18(12-14-6-3-2-4-7-14)30-21(32)16-8-5-9-17(20(16)28)24(25,26)27/h5,8-11,13-14,18H,2-4,6-7,12,28H2,1H3,(H,30,32)(H,29,31,33). The first-order valence-electron chi connectivity index (χ1n) is 11.2. The molecule has 3 rings (SSSR count). The lowest BCUT2D eigenvalue weighted by molar-refractivity contribution is -0.137. The molecule has 1 fully saturated rings. The average molecular weight is 492 g/mol. The number of aromatic nitrogens is 1. The van der Waals surface area contributed by atoms with Crippen LogP contribution >= 0.6 is 0 Å². The maximum atomic E-state index is 13.2. The Morgan fingerprint density at radius 2 is 1.86 bits per heavy atom. The highest BCUT2D eigenvalue weighted by Crippen LogP contribution is 2.35. The van der Waals surface area contributed by atoms with Crippen LogP contribution < -0.4 is 16.4 Å². The third-order valence-corrected chi connectivity index (χ3v) is 6.01. The first-order chi connectivity index (χ1) is 16.6. The Hall–Kier alpha value is -3.63. The summed E-state index contributed by atoms with van der Waals surface area (Å²) in [6, 6.07) is 4.88. The smallest absolute Gasteiger partial charge is 0.418 e. The van der Waals surface area contributed by atoms with E-state index in [1.54, 1.807) is 0 Å². The van der Waals surface area contributed by atoms with Crippen molar-refractivity contribution < 1.29 is 32.3 Å². The molecule has 1 heterocycles. The average Bonchev–Trinajstić information content (AvgIpc) is 2.83. The van der Waals surface area contributed by atoms with Gasteiger partial charge in [0.2, 0.25) is 5.91 Å². The molecule has 0 bridgehead atoms. The van der Waals surface area contributed by atoms with E-state index in [0.717, 1.165) is 44.2 Å². The van der Waals surface area contributed by atoms with Gasteiger partial charge in [-0.15, -0.1) is 0 Å². The van der Waals surface area contributed by atoms with Gasteiger partial charge in [-0.05, 0) is 36.6 Å². The van der Waals surface area contributed by atoms with Crippen LogP contribution in [0, 0.1) is 5.92 Å². The SMILES string of the molecule is COC(=O)c1ccc(NC(=O)C(CC2CCCCC2)NC(=O)c2cccc(C(F)(F)F)c2N)nc1. The van der Waals surface area contributed by atoms with Gasteiger partial charge in [-0.25, -0.2) is 9.78 Å². The van der Waals surface area contributed by atoms with Gasteiger partial charge in [-0.1, -0.05) is 38.2 Å². The number of carbonyl (C=O) groups excluding carboxylic acids is 3. The fourth-order valence-electron chi connectivity index (χ4n) is 4.15. The van der Waals surface area contributed by atoms with Crippen molar-refractivity contribution in [3.8, 4) is 0 Å². The van der Waals surface area contributed by atoms with Gasteiger partial charge in [0, 0.05) is 6.20 Å². The van der Waals surface area contributed by atoms with Crippen molar-refractivity contribution in [2.75, 3.05) is 18.2 Å². The number of ether oxygens (including phenoxy) is 1. The number of nitrogen functional groups attached to an aromatic ring is 1. The summed E-state index contributed by atoms with van der Waals surface area (Å²) in [5.41, 5.74) is 3.67. The molecular formula is C24H27F3N4O4. The number of anilines is 2. The van der Waals surface area contributed by atoms with E-state index >= 15 is 0 Å². The van der Waals surface area contributed by atoms with Crippen molar-refractivity contribution in [2.45, 2.75) is 50.7 Å². The van der Waals surface area contributed by atoms with Crippen LogP contribution in [0.15, 0.2) is 36.5 Å². The normalized spacial score (nSPS) is 15.2. The number of nitrogens with one attached hydrogen (secondary N) is 2. The lowest BCUT2D eigenvalue weighted by Gasteiger charge is -2.27. The molecule has 188 valence electrons. The van der Waals surface area contributed by atoms with Crippen LogP contribution in [0.1, 0.15) is 64.8 Å². The third kappa shape index (κ3) is 6.71. The zero-order chi connectivity index (χ0) is 25.6. The molecule has 1 unspecified atom stereocenters. The summed E-state index contributed by atoms with van der Waals surface area (Å²) in [7, 11) is 1.23. The highest BCUT2D eigenvalue weighted by molar-refractivity contribution is 6.04. The highest BCUT2D eigenvalue weighted by atomic mass is 19.4. The quantitative estimate of drug-likeness (QED) is 0.394. The van der Waals surface area contributed by atoms with Crippen LogP contribution in [0.3, 0.4) is 0 Å². The van der Waals surface area contributed by atoms with Crippen molar-refractivity contribution in [2.24, 2.45) is 5.92 Å². The lowest BCUT2D eigenvalue weighted by atomic mass is 9.84. The van der Waals surface area contributed by atoms with Crippen LogP contribution in [0.5, 0.6) is 0 Å². The lowest BCUT2D eigenvalue weighted by Crippen LogP contribution is -2.45. The Labute approximate surface area is 200 Å². The summed E-state index contributed by atoms with van der Waals surface area (Å²) in [4.78, 5) is 41.6. The Balaban J connectivity index is 1.79. The summed E-state index contributed by atoms with van der Waals surface area (Å²) in [6.07, 6.45) is 1.71. The van der Waals surface area contributed by atoms with Crippen LogP contribution in [0.2, 0.25) is 0 Å². The van der Waals surface area contributed by atoms with Gasteiger partial charge in [0.15, 0.2) is 0 Å². The Kier molecular flexibility index (Phi) is 8.31. The monoisotopic (exact) mass is 492 g/mol. The van der Waals surface area contributed by atoms with Crippen LogP contribution in [-0.4, -0.2) is 35.9 Å².